The number of carbonyl (C=O) groups is 1. The number of nitrogens with zero attached hydrogens (tertiary/aromatic N) is 1. The third-order valence-corrected chi connectivity index (χ3v) is 2.95. The van der Waals surface area contributed by atoms with Crippen LogP contribution in [0.15, 0.2) is 12.4 Å². The van der Waals surface area contributed by atoms with Crippen molar-refractivity contribution < 1.29 is 18.3 Å². The van der Waals surface area contributed by atoms with E-state index in [2.05, 4.69) is 14.9 Å². The van der Waals surface area contributed by atoms with Crippen molar-refractivity contribution in [2.45, 2.75) is 12.8 Å². The largest absolute Gasteiger partial charge is 0.481 e. The Morgan fingerprint density at radius 1 is 1.60 bits per heavy atom. The van der Waals surface area contributed by atoms with E-state index in [-0.39, 0.29) is 18.6 Å². The highest BCUT2D eigenvalue weighted by Gasteiger charge is 2.11. The van der Waals surface area contributed by atoms with Crippen molar-refractivity contribution in [2.75, 3.05) is 10.5 Å². The molecule has 3 N–H and O–H groups in total. The lowest BCUT2D eigenvalue weighted by atomic mass is 10.3. The molecule has 1 aromatic heterocycles. The fraction of sp³-hybridized carbons (Fsp3) is 0.429. The Bertz CT molecular complexity index is 411. The van der Waals surface area contributed by atoms with Gasteiger partial charge >= 0.3 is 5.97 Å². The maximum absolute atomic E-state index is 11.3. The Morgan fingerprint density at radius 3 is 2.87 bits per heavy atom. The summed E-state index contributed by atoms with van der Waals surface area (Å²) in [4.78, 5) is 10.2. The number of carboxylic acids is 1. The van der Waals surface area contributed by atoms with Gasteiger partial charge in [0.05, 0.1) is 17.6 Å². The van der Waals surface area contributed by atoms with E-state index in [1.165, 1.54) is 12.4 Å². The smallest absolute Gasteiger partial charge is 0.303 e. The van der Waals surface area contributed by atoms with Gasteiger partial charge in [-0.3, -0.25) is 14.6 Å². The SMILES string of the molecule is O=C(O)CCCS(=O)(=O)Nc1cn[nH]c1. The summed E-state index contributed by atoms with van der Waals surface area (Å²) in [5, 5.41) is 14.4. The number of H-pyrrole nitrogens is 1. The first kappa shape index (κ1) is 11.5. The van der Waals surface area contributed by atoms with Crippen LogP contribution < -0.4 is 4.72 Å². The lowest BCUT2D eigenvalue weighted by Gasteiger charge is -2.03. The molecular formula is C7H11N3O4S. The number of aromatic nitrogens is 2. The first-order chi connectivity index (χ1) is 6.99. The standard InChI is InChI=1S/C7H11N3O4S/c11-7(12)2-1-3-15(13,14)10-6-4-8-9-5-6/h4-5,10H,1-3H2,(H,8,9)(H,11,12). The number of aromatic amines is 1. The van der Waals surface area contributed by atoms with Crippen LogP contribution in [-0.2, 0) is 14.8 Å². The number of nitrogens with one attached hydrogen (secondary N) is 2. The van der Waals surface area contributed by atoms with Gasteiger partial charge in [-0.1, -0.05) is 0 Å². The van der Waals surface area contributed by atoms with E-state index < -0.39 is 16.0 Å². The lowest BCUT2D eigenvalue weighted by Crippen LogP contribution is -2.17. The van der Waals surface area contributed by atoms with Crippen molar-refractivity contribution >= 4 is 21.7 Å². The number of hydrogen-bond donors (Lipinski definition) is 3. The molecule has 8 heteroatoms. The van der Waals surface area contributed by atoms with Crippen molar-refractivity contribution in [1.82, 2.24) is 10.2 Å². The van der Waals surface area contributed by atoms with Gasteiger partial charge in [0.1, 0.15) is 0 Å². The Labute approximate surface area is 86.6 Å². The molecule has 7 nitrogen and oxygen atoms in total. The summed E-state index contributed by atoms with van der Waals surface area (Å²) in [5.74, 6) is -1.22. The van der Waals surface area contributed by atoms with Crippen LogP contribution in [0.3, 0.4) is 0 Å². The minimum Gasteiger partial charge on any atom is -0.481 e. The Balaban J connectivity index is 2.43. The molecule has 0 aliphatic heterocycles. The van der Waals surface area contributed by atoms with Crippen LogP contribution >= 0.6 is 0 Å². The number of hydrogen-bond acceptors (Lipinski definition) is 4. The van der Waals surface area contributed by atoms with Crippen molar-refractivity contribution in [3.05, 3.63) is 12.4 Å². The third-order valence-electron chi connectivity index (χ3n) is 1.58. The molecule has 0 bridgehead atoms. The van der Waals surface area contributed by atoms with E-state index in [0.29, 0.717) is 5.69 Å². The Hall–Kier alpha value is -1.57. The molecule has 0 aromatic carbocycles. The van der Waals surface area contributed by atoms with Gasteiger partial charge in [0, 0.05) is 12.6 Å². The van der Waals surface area contributed by atoms with E-state index in [1.807, 2.05) is 0 Å². The Kier molecular flexibility index (Phi) is 3.67. The molecule has 1 aromatic rings. The van der Waals surface area contributed by atoms with Crippen LogP contribution in [0.4, 0.5) is 5.69 Å². The summed E-state index contributed by atoms with van der Waals surface area (Å²) >= 11 is 0. The van der Waals surface area contributed by atoms with Crippen molar-refractivity contribution in [3.8, 4) is 0 Å². The topological polar surface area (TPSA) is 112 Å². The van der Waals surface area contributed by atoms with Crippen molar-refractivity contribution in [1.29, 1.82) is 0 Å². The normalized spacial score (nSPS) is 11.2. The van der Waals surface area contributed by atoms with Crippen LogP contribution in [0, 0.1) is 0 Å². The van der Waals surface area contributed by atoms with Gasteiger partial charge in [-0.05, 0) is 6.42 Å². The number of carboxylic acid groups (broad SMARTS) is 1. The maximum Gasteiger partial charge on any atom is 0.303 e. The fourth-order valence-electron chi connectivity index (χ4n) is 0.951. The highest BCUT2D eigenvalue weighted by Crippen LogP contribution is 2.06. The summed E-state index contributed by atoms with van der Waals surface area (Å²) in [6.45, 7) is 0. The van der Waals surface area contributed by atoms with Gasteiger partial charge in [0.2, 0.25) is 10.0 Å². The summed E-state index contributed by atoms with van der Waals surface area (Å²) in [7, 11) is -3.47. The zero-order valence-electron chi connectivity index (χ0n) is 7.80. The number of anilines is 1. The van der Waals surface area contributed by atoms with E-state index in [9.17, 15) is 13.2 Å². The van der Waals surface area contributed by atoms with E-state index in [1.54, 1.807) is 0 Å². The molecule has 0 aliphatic rings. The molecule has 0 amide bonds. The molecule has 0 saturated heterocycles. The summed E-state index contributed by atoms with van der Waals surface area (Å²) in [5.41, 5.74) is 0.338. The predicted molar refractivity (Wildman–Crippen MR) is 52.9 cm³/mol. The van der Waals surface area contributed by atoms with E-state index in [4.69, 9.17) is 5.11 Å². The minimum atomic E-state index is -3.47. The average Bonchev–Trinajstić information content (AvgIpc) is 2.54. The second kappa shape index (κ2) is 4.78. The predicted octanol–water partition coefficient (Wildman–Crippen LogP) is 0.0162. The molecule has 0 atom stereocenters. The summed E-state index contributed by atoms with van der Waals surface area (Å²) < 4.78 is 24.9. The summed E-state index contributed by atoms with van der Waals surface area (Å²) in [6.07, 6.45) is 2.65. The zero-order chi connectivity index (χ0) is 11.3. The molecule has 1 heterocycles. The summed E-state index contributed by atoms with van der Waals surface area (Å²) in [6, 6.07) is 0. The van der Waals surface area contributed by atoms with Gasteiger partial charge in [0.25, 0.3) is 0 Å². The molecule has 0 saturated carbocycles. The lowest BCUT2D eigenvalue weighted by molar-refractivity contribution is -0.137. The first-order valence-corrected chi connectivity index (χ1v) is 5.86. The quantitative estimate of drug-likeness (QED) is 0.641. The van der Waals surface area contributed by atoms with Crippen LogP contribution in [0.1, 0.15) is 12.8 Å². The number of rotatable bonds is 6. The fourth-order valence-corrected chi connectivity index (χ4v) is 2.05. The number of sulfonamides is 1. The second-order valence-electron chi connectivity index (χ2n) is 2.91. The van der Waals surface area contributed by atoms with E-state index in [0.717, 1.165) is 0 Å². The van der Waals surface area contributed by atoms with Crippen LogP contribution in [0.2, 0.25) is 0 Å². The monoisotopic (exact) mass is 233 g/mol. The minimum absolute atomic E-state index is 0.0858. The maximum atomic E-state index is 11.3. The molecule has 1 rings (SSSR count). The van der Waals surface area contributed by atoms with Gasteiger partial charge < -0.3 is 5.11 Å². The molecule has 0 radical (unpaired) electrons. The molecule has 15 heavy (non-hydrogen) atoms. The molecule has 0 unspecified atom stereocenters. The molecule has 0 fully saturated rings. The van der Waals surface area contributed by atoms with Gasteiger partial charge in [-0.25, -0.2) is 8.42 Å². The van der Waals surface area contributed by atoms with E-state index >= 15 is 0 Å². The third kappa shape index (κ3) is 4.45. The van der Waals surface area contributed by atoms with Gasteiger partial charge in [-0.2, -0.15) is 5.10 Å². The van der Waals surface area contributed by atoms with Gasteiger partial charge in [-0.15, -0.1) is 0 Å². The van der Waals surface area contributed by atoms with Gasteiger partial charge in [0.15, 0.2) is 0 Å². The van der Waals surface area contributed by atoms with Crippen LogP contribution in [0.25, 0.3) is 0 Å². The van der Waals surface area contributed by atoms with Crippen molar-refractivity contribution in [2.24, 2.45) is 0 Å². The molecule has 84 valence electrons. The molecular weight excluding hydrogens is 222 g/mol. The van der Waals surface area contributed by atoms with Crippen LogP contribution in [-0.4, -0.2) is 35.4 Å². The van der Waals surface area contributed by atoms with Crippen LogP contribution in [0.5, 0.6) is 0 Å². The van der Waals surface area contributed by atoms with Crippen molar-refractivity contribution in [3.63, 3.8) is 0 Å². The molecule has 0 spiro atoms. The Morgan fingerprint density at radius 2 is 2.33 bits per heavy atom. The first-order valence-electron chi connectivity index (χ1n) is 4.21. The number of aliphatic carboxylic acids is 1. The zero-order valence-corrected chi connectivity index (χ0v) is 8.62. The highest BCUT2D eigenvalue weighted by atomic mass is 32.2. The highest BCUT2D eigenvalue weighted by molar-refractivity contribution is 7.92. The average molecular weight is 233 g/mol. The molecule has 0 aliphatic carbocycles. The second-order valence-corrected chi connectivity index (χ2v) is 4.75.